The van der Waals surface area contributed by atoms with Gasteiger partial charge in [-0.15, -0.1) is 5.09 Å². The molecular formula is C40H39N3O12P3+3. The average Bonchev–Trinajstić information content (AvgIpc) is 3.76. The van der Waals surface area contributed by atoms with E-state index in [1.54, 1.807) is 72.8 Å². The van der Waals surface area contributed by atoms with Crippen LogP contribution in [0.2, 0.25) is 0 Å². The quantitative estimate of drug-likeness (QED) is 0.0527. The van der Waals surface area contributed by atoms with Crippen molar-refractivity contribution in [3.63, 3.8) is 0 Å². The SMILES string of the molecule is CC1N[P+]2(Oc3ccc(O)cc3)C(N[P+](Oc3ccc(O)cc3)(Oc3ccc(O)cc3)N[P+]1(Oc1ccc(O)cc1)Oc1ccc(O)cc1)C2Oc1ccc(O)cc1. The van der Waals surface area contributed by atoms with Crippen molar-refractivity contribution in [2.45, 2.75) is 24.3 Å². The molecule has 2 aliphatic heterocycles. The first-order valence-electron chi connectivity index (χ1n) is 17.8. The van der Waals surface area contributed by atoms with Crippen LogP contribution in [0.25, 0.3) is 0 Å². The number of fused-ring (bicyclic) bond motifs is 1. The number of hydrogen-bond acceptors (Lipinski definition) is 15. The highest BCUT2D eigenvalue weighted by atomic mass is 31.3. The van der Waals surface area contributed by atoms with Gasteiger partial charge in [-0.1, -0.05) is 5.09 Å². The first kappa shape index (κ1) is 38.9. The second kappa shape index (κ2) is 15.8. The second-order valence-electron chi connectivity index (χ2n) is 13.3. The van der Waals surface area contributed by atoms with Crippen molar-refractivity contribution in [1.29, 1.82) is 0 Å². The molecule has 18 heteroatoms. The maximum Gasteiger partial charge on any atom is 0.562 e. The van der Waals surface area contributed by atoms with Gasteiger partial charge < -0.3 is 39.9 Å². The molecule has 0 aliphatic carbocycles. The Labute approximate surface area is 334 Å². The molecule has 0 radical (unpaired) electrons. The van der Waals surface area contributed by atoms with Crippen molar-refractivity contribution in [3.8, 4) is 69.0 Å². The number of phenols is 6. The predicted molar refractivity (Wildman–Crippen MR) is 220 cm³/mol. The molecule has 0 bridgehead atoms. The van der Waals surface area contributed by atoms with Crippen molar-refractivity contribution < 1.29 is 58.0 Å². The van der Waals surface area contributed by atoms with Crippen molar-refractivity contribution in [2.75, 3.05) is 0 Å². The molecule has 0 spiro atoms. The first-order valence-corrected chi connectivity index (χ1v) is 23.0. The van der Waals surface area contributed by atoms with Crippen LogP contribution in [0, 0.1) is 0 Å². The van der Waals surface area contributed by atoms with Gasteiger partial charge in [0.2, 0.25) is 5.78 Å². The van der Waals surface area contributed by atoms with Gasteiger partial charge in [0.05, 0.1) is 4.86 Å². The molecule has 6 aromatic carbocycles. The topological polar surface area (TPSA) is 213 Å². The molecule has 15 nitrogen and oxygen atoms in total. The van der Waals surface area contributed by atoms with Gasteiger partial charge in [0.15, 0.2) is 28.7 Å². The minimum Gasteiger partial charge on any atom is -0.508 e. The molecular weight excluding hydrogens is 807 g/mol. The van der Waals surface area contributed by atoms with E-state index in [2.05, 4.69) is 15.0 Å². The summed E-state index contributed by atoms with van der Waals surface area (Å²) in [7, 11) is -10.9. The monoisotopic (exact) mass is 846 g/mol. The van der Waals surface area contributed by atoms with E-state index in [1.165, 1.54) is 72.8 Å². The Bertz CT molecular complexity index is 2230. The molecule has 58 heavy (non-hydrogen) atoms. The first-order chi connectivity index (χ1) is 27.9. The van der Waals surface area contributed by atoms with Crippen molar-refractivity contribution >= 4 is 23.5 Å². The summed E-state index contributed by atoms with van der Waals surface area (Å²) in [5.74, 6) is -0.131. The van der Waals surface area contributed by atoms with Crippen LogP contribution in [0.4, 0.5) is 0 Å². The van der Waals surface area contributed by atoms with E-state index < -0.39 is 40.9 Å². The number of benzene rings is 6. The van der Waals surface area contributed by atoms with Crippen LogP contribution in [-0.2, 0) is 0 Å². The summed E-state index contributed by atoms with van der Waals surface area (Å²) < 4.78 is 41.3. The van der Waals surface area contributed by atoms with E-state index in [-0.39, 0.29) is 46.0 Å². The van der Waals surface area contributed by atoms with Crippen molar-refractivity contribution in [1.82, 2.24) is 15.0 Å². The van der Waals surface area contributed by atoms with Crippen LogP contribution >= 0.6 is 23.5 Å². The van der Waals surface area contributed by atoms with Gasteiger partial charge in [-0.05, 0) is 153 Å². The summed E-state index contributed by atoms with van der Waals surface area (Å²) >= 11 is 0. The minimum atomic E-state index is -3.92. The lowest BCUT2D eigenvalue weighted by Gasteiger charge is -2.33. The Morgan fingerprint density at radius 3 is 1.07 bits per heavy atom. The number of nitrogens with one attached hydrogen (secondary N) is 3. The van der Waals surface area contributed by atoms with Crippen molar-refractivity contribution in [2.24, 2.45) is 0 Å². The number of hydrogen-bond donors (Lipinski definition) is 9. The zero-order chi connectivity index (χ0) is 40.5. The van der Waals surface area contributed by atoms with Gasteiger partial charge in [0, 0.05) is 0 Å². The molecule has 2 fully saturated rings. The van der Waals surface area contributed by atoms with Gasteiger partial charge in [-0.3, -0.25) is 18.1 Å². The summed E-state index contributed by atoms with van der Waals surface area (Å²) in [5.41, 5.74) is 0. The highest BCUT2D eigenvalue weighted by Gasteiger charge is 2.91. The van der Waals surface area contributed by atoms with Crippen LogP contribution in [0.3, 0.4) is 0 Å². The lowest BCUT2D eigenvalue weighted by Crippen LogP contribution is -2.47. The lowest BCUT2D eigenvalue weighted by molar-refractivity contribution is 0.302. The van der Waals surface area contributed by atoms with Crippen LogP contribution in [0.15, 0.2) is 146 Å². The predicted octanol–water partition coefficient (Wildman–Crippen LogP) is 8.78. The Morgan fingerprint density at radius 1 is 0.397 bits per heavy atom. The fourth-order valence-electron chi connectivity index (χ4n) is 6.03. The zero-order valence-corrected chi connectivity index (χ0v) is 33.2. The van der Waals surface area contributed by atoms with E-state index in [1.807, 2.05) is 6.92 Å². The maximum atomic E-state index is 10.2. The molecule has 6 aromatic rings. The number of phenolic OH excluding ortho intramolecular Hbond substituents is 6. The molecule has 2 aliphatic rings. The Hall–Kier alpha value is -5.91. The molecule has 4 unspecified atom stereocenters. The number of aromatic hydroxyl groups is 6. The molecule has 2 heterocycles. The highest BCUT2D eigenvalue weighted by Crippen LogP contribution is 2.86. The minimum absolute atomic E-state index is 0.000521. The van der Waals surface area contributed by atoms with Gasteiger partial charge in [-0.2, -0.15) is 0 Å². The fraction of sp³-hybridized carbons (Fsp3) is 0.100. The molecule has 2 saturated heterocycles. The summed E-state index contributed by atoms with van der Waals surface area (Å²) in [6.45, 7) is 1.84. The Balaban J connectivity index is 1.34. The normalized spacial score (nSPS) is 21.6. The third-order valence-corrected chi connectivity index (χ3v) is 18.5. The molecule has 0 aromatic heterocycles. The fourth-order valence-corrected chi connectivity index (χ4v) is 17.2. The Kier molecular flexibility index (Phi) is 10.6. The molecule has 0 amide bonds. The van der Waals surface area contributed by atoms with E-state index in [0.717, 1.165) is 0 Å². The zero-order valence-electron chi connectivity index (χ0n) is 30.6. The molecule has 4 atom stereocenters. The maximum absolute atomic E-state index is 10.2. The standard InChI is InChI=1S/C40H36N3O12P3/c1-26-41-56(51-34-16-4-28(45)5-17-34)39(40(56)50-33-14-2-27(44)3-15-33)42-58(54-37-22-10-31(48)11-23-37,55-38-24-12-32(49)13-25-38)43-57(26,52-35-18-6-29(46)7-19-35)53-36-20-8-30(47)9-21-36/h2-26,39-43H,1H3,(H3-3,44,45,46,47,48,49)/p+3. The van der Waals surface area contributed by atoms with Gasteiger partial charge in [0.25, 0.3) is 5.78 Å². The second-order valence-corrected chi connectivity index (χ2v) is 21.1. The van der Waals surface area contributed by atoms with E-state index >= 15 is 0 Å². The van der Waals surface area contributed by atoms with E-state index in [9.17, 15) is 30.6 Å². The molecule has 298 valence electrons. The smallest absolute Gasteiger partial charge is 0.508 e. The van der Waals surface area contributed by atoms with Crippen LogP contribution in [0.5, 0.6) is 69.0 Å². The number of ether oxygens (including phenoxy) is 1. The molecule has 8 rings (SSSR count). The van der Waals surface area contributed by atoms with E-state index in [4.69, 9.17) is 27.4 Å². The third-order valence-electron chi connectivity index (χ3n) is 8.93. The van der Waals surface area contributed by atoms with Gasteiger partial charge in [0.1, 0.15) is 40.2 Å². The van der Waals surface area contributed by atoms with Crippen molar-refractivity contribution in [3.05, 3.63) is 146 Å². The summed E-state index contributed by atoms with van der Waals surface area (Å²) in [6.07, 6.45) is 0. The molecule has 0 saturated carbocycles. The van der Waals surface area contributed by atoms with Crippen LogP contribution in [0.1, 0.15) is 6.92 Å². The van der Waals surface area contributed by atoms with Crippen LogP contribution in [-0.4, -0.2) is 48.1 Å². The summed E-state index contributed by atoms with van der Waals surface area (Å²) in [5, 5.41) is 68.4. The third kappa shape index (κ3) is 8.51. The highest BCUT2D eigenvalue weighted by molar-refractivity contribution is 7.84. The largest absolute Gasteiger partial charge is 0.562 e. The average molecular weight is 847 g/mol. The summed E-state index contributed by atoms with van der Waals surface area (Å²) in [6, 6.07) is 36.8. The van der Waals surface area contributed by atoms with Crippen LogP contribution < -0.4 is 42.4 Å². The van der Waals surface area contributed by atoms with Gasteiger partial charge in [-0.25, -0.2) is 0 Å². The summed E-state index contributed by atoms with van der Waals surface area (Å²) in [4.78, 5) is 3.57. The van der Waals surface area contributed by atoms with Gasteiger partial charge >= 0.3 is 29.4 Å². The Morgan fingerprint density at radius 2 is 0.707 bits per heavy atom. The lowest BCUT2D eigenvalue weighted by atomic mass is 10.3. The molecule has 9 N–H and O–H groups in total. The van der Waals surface area contributed by atoms with E-state index in [0.29, 0.717) is 23.0 Å². The number of rotatable bonds is 12.